The fourth-order valence-electron chi connectivity index (χ4n) is 5.14. The smallest absolute Gasteiger partial charge is 0.116 e. The van der Waals surface area contributed by atoms with Gasteiger partial charge in [0.1, 0.15) is 36.6 Å². The molecule has 0 radical (unpaired) electrons. The molecule has 0 spiro atoms. The highest BCUT2D eigenvalue weighted by Gasteiger charge is 2.52. The normalized spacial score (nSPS) is 24.7. The maximum Gasteiger partial charge on any atom is 0.116 e. The molecule has 0 amide bonds. The zero-order valence-electron chi connectivity index (χ0n) is 23.5. The number of unbranched alkanes of at least 4 members (excludes halogenated alkanes) is 4. The topological polar surface area (TPSA) is 77.4 Å². The molecule has 1 saturated carbocycles. The van der Waals surface area contributed by atoms with Crippen LogP contribution in [-0.2, 0) is 38.8 Å². The van der Waals surface area contributed by atoms with Crippen molar-refractivity contribution in [2.24, 2.45) is 0 Å². The average molecular weight is 549 g/mol. The van der Waals surface area contributed by atoms with Crippen LogP contribution in [0.15, 0.2) is 91.0 Å². The van der Waals surface area contributed by atoms with Crippen LogP contribution in [0.25, 0.3) is 0 Å². The van der Waals surface area contributed by atoms with Gasteiger partial charge in [0, 0.05) is 6.61 Å². The van der Waals surface area contributed by atoms with Crippen molar-refractivity contribution in [2.45, 2.75) is 95.5 Å². The van der Waals surface area contributed by atoms with Gasteiger partial charge in [0.25, 0.3) is 0 Å². The third-order valence-electron chi connectivity index (χ3n) is 7.41. The predicted octanol–water partition coefficient (Wildman–Crippen LogP) is 5.83. The summed E-state index contributed by atoms with van der Waals surface area (Å²) in [4.78, 5) is 0. The number of ether oxygens (including phenoxy) is 4. The first kappa shape index (κ1) is 30.4. The van der Waals surface area contributed by atoms with Gasteiger partial charge < -0.3 is 29.2 Å². The number of hydrogen-bond donors (Lipinski definition) is 2. The summed E-state index contributed by atoms with van der Waals surface area (Å²) in [5.74, 6) is 0. The molecule has 1 aliphatic rings. The van der Waals surface area contributed by atoms with Crippen molar-refractivity contribution in [1.82, 2.24) is 0 Å². The van der Waals surface area contributed by atoms with Gasteiger partial charge >= 0.3 is 0 Å². The quantitative estimate of drug-likeness (QED) is 0.219. The Balaban J connectivity index is 1.55. The molecular weight excluding hydrogens is 504 g/mol. The molecule has 6 nitrogen and oxygen atoms in total. The lowest BCUT2D eigenvalue weighted by Crippen LogP contribution is -2.66. The van der Waals surface area contributed by atoms with Crippen LogP contribution < -0.4 is 0 Å². The van der Waals surface area contributed by atoms with Gasteiger partial charge in [-0.1, -0.05) is 124 Å². The van der Waals surface area contributed by atoms with E-state index < -0.39 is 36.6 Å². The van der Waals surface area contributed by atoms with Gasteiger partial charge in [-0.25, -0.2) is 0 Å². The van der Waals surface area contributed by atoms with Crippen molar-refractivity contribution < 1.29 is 29.2 Å². The molecule has 3 aromatic rings. The number of rotatable bonds is 16. The lowest BCUT2D eigenvalue weighted by atomic mass is 9.84. The van der Waals surface area contributed by atoms with E-state index in [2.05, 4.69) is 6.92 Å². The van der Waals surface area contributed by atoms with Crippen molar-refractivity contribution in [3.63, 3.8) is 0 Å². The van der Waals surface area contributed by atoms with E-state index in [4.69, 9.17) is 18.9 Å². The maximum atomic E-state index is 11.3. The second-order valence-corrected chi connectivity index (χ2v) is 10.5. The summed E-state index contributed by atoms with van der Waals surface area (Å²) in [6, 6.07) is 29.6. The average Bonchev–Trinajstić information content (AvgIpc) is 3.00. The molecule has 0 saturated heterocycles. The maximum absolute atomic E-state index is 11.3. The number of aliphatic hydroxyl groups excluding tert-OH is 2. The van der Waals surface area contributed by atoms with Crippen LogP contribution in [-0.4, -0.2) is 53.4 Å². The van der Waals surface area contributed by atoms with Gasteiger partial charge in [-0.05, 0) is 23.1 Å². The largest absolute Gasteiger partial charge is 0.387 e. The summed E-state index contributed by atoms with van der Waals surface area (Å²) in [5, 5.41) is 22.7. The predicted molar refractivity (Wildman–Crippen MR) is 156 cm³/mol. The van der Waals surface area contributed by atoms with Crippen LogP contribution >= 0.6 is 0 Å². The molecule has 0 heterocycles. The Morgan fingerprint density at radius 2 is 0.850 bits per heavy atom. The number of aliphatic hydroxyl groups is 2. The van der Waals surface area contributed by atoms with E-state index in [1.807, 2.05) is 91.0 Å². The van der Waals surface area contributed by atoms with Gasteiger partial charge in [0.15, 0.2) is 0 Å². The number of hydrogen-bond acceptors (Lipinski definition) is 6. The lowest BCUT2D eigenvalue weighted by molar-refractivity contribution is -0.272. The van der Waals surface area contributed by atoms with Gasteiger partial charge in [-0.2, -0.15) is 0 Å². The van der Waals surface area contributed by atoms with Gasteiger partial charge in [0.2, 0.25) is 0 Å². The van der Waals surface area contributed by atoms with Crippen LogP contribution in [0, 0.1) is 0 Å². The van der Waals surface area contributed by atoms with Crippen LogP contribution in [0.2, 0.25) is 0 Å². The molecule has 0 bridgehead atoms. The molecule has 0 aromatic heterocycles. The molecule has 0 aliphatic heterocycles. The Morgan fingerprint density at radius 1 is 0.475 bits per heavy atom. The number of benzene rings is 3. The molecule has 3 aromatic carbocycles. The molecule has 6 atom stereocenters. The van der Waals surface area contributed by atoms with Crippen molar-refractivity contribution in [3.05, 3.63) is 108 Å². The van der Waals surface area contributed by atoms with Gasteiger partial charge in [-0.3, -0.25) is 0 Å². The van der Waals surface area contributed by atoms with Crippen molar-refractivity contribution in [3.8, 4) is 0 Å². The Morgan fingerprint density at radius 3 is 1.27 bits per heavy atom. The molecular formula is C34H44O6. The molecule has 216 valence electrons. The van der Waals surface area contributed by atoms with E-state index in [0.717, 1.165) is 36.0 Å². The summed E-state index contributed by atoms with van der Waals surface area (Å²) < 4.78 is 25.5. The Kier molecular flexibility index (Phi) is 12.6. The summed E-state index contributed by atoms with van der Waals surface area (Å²) in [6.45, 7) is 3.58. The van der Waals surface area contributed by atoms with Crippen LogP contribution in [0.3, 0.4) is 0 Å². The molecule has 40 heavy (non-hydrogen) atoms. The van der Waals surface area contributed by atoms with Crippen molar-refractivity contribution in [2.75, 3.05) is 6.61 Å². The first-order valence-corrected chi connectivity index (χ1v) is 14.6. The van der Waals surface area contributed by atoms with Crippen LogP contribution in [0.4, 0.5) is 0 Å². The van der Waals surface area contributed by atoms with E-state index in [1.54, 1.807) is 0 Å². The van der Waals surface area contributed by atoms with Crippen molar-refractivity contribution in [1.29, 1.82) is 0 Å². The van der Waals surface area contributed by atoms with E-state index in [9.17, 15) is 10.2 Å². The molecule has 6 heteroatoms. The van der Waals surface area contributed by atoms with Gasteiger partial charge in [0.05, 0.1) is 19.8 Å². The first-order chi connectivity index (χ1) is 19.7. The Labute approximate surface area is 238 Å². The summed E-state index contributed by atoms with van der Waals surface area (Å²) in [7, 11) is 0. The fourth-order valence-corrected chi connectivity index (χ4v) is 5.14. The zero-order chi connectivity index (χ0) is 28.0. The van der Waals surface area contributed by atoms with E-state index in [-0.39, 0.29) is 6.61 Å². The minimum atomic E-state index is -1.20. The fraction of sp³-hybridized carbons (Fsp3) is 0.471. The minimum absolute atomic E-state index is 0.273. The summed E-state index contributed by atoms with van der Waals surface area (Å²) >= 11 is 0. The second-order valence-electron chi connectivity index (χ2n) is 10.5. The lowest BCUT2D eigenvalue weighted by Gasteiger charge is -2.47. The molecule has 1 aliphatic carbocycles. The minimum Gasteiger partial charge on any atom is -0.387 e. The zero-order valence-corrected chi connectivity index (χ0v) is 23.5. The molecule has 1 fully saturated rings. The van der Waals surface area contributed by atoms with Crippen LogP contribution in [0.1, 0.15) is 55.7 Å². The summed E-state index contributed by atoms with van der Waals surface area (Å²) in [6.07, 6.45) is 0.181. The van der Waals surface area contributed by atoms with E-state index >= 15 is 0 Å². The Hall–Kier alpha value is -2.58. The molecule has 0 unspecified atom stereocenters. The highest BCUT2D eigenvalue weighted by atomic mass is 16.6. The molecule has 2 N–H and O–H groups in total. The summed E-state index contributed by atoms with van der Waals surface area (Å²) in [5.41, 5.74) is 2.98. The standard InChI is InChI=1S/C34H44O6/c1-2-3-4-5-15-22-37-31-29(35)30(36)32(38-23-26-16-9-6-10-17-26)34(40-25-28-20-13-8-14-21-28)33(31)39-24-27-18-11-7-12-19-27/h6-14,16-21,29-36H,2-5,15,22-25H2,1H3/t29-,30+,31-,32-,33+,34+/m0/s1. The van der Waals surface area contributed by atoms with Crippen molar-refractivity contribution >= 4 is 0 Å². The molecule has 4 rings (SSSR count). The van der Waals surface area contributed by atoms with E-state index in [0.29, 0.717) is 19.8 Å². The Bertz CT molecular complexity index is 1060. The van der Waals surface area contributed by atoms with Gasteiger partial charge in [-0.15, -0.1) is 0 Å². The monoisotopic (exact) mass is 548 g/mol. The highest BCUT2D eigenvalue weighted by Crippen LogP contribution is 2.32. The highest BCUT2D eigenvalue weighted by molar-refractivity contribution is 5.16. The third kappa shape index (κ3) is 8.96. The first-order valence-electron chi connectivity index (χ1n) is 14.6. The third-order valence-corrected chi connectivity index (χ3v) is 7.41. The SMILES string of the molecule is CCCCCCCO[C@H]1[C@@H](O)[C@@H](O)[C@H](OCc2ccccc2)[C@@H](OCc2ccccc2)[C@@H]1OCc1ccccc1. The van der Waals surface area contributed by atoms with E-state index in [1.165, 1.54) is 12.8 Å². The second kappa shape index (κ2) is 16.6. The van der Waals surface area contributed by atoms with Crippen LogP contribution in [0.5, 0.6) is 0 Å².